The van der Waals surface area contributed by atoms with E-state index in [0.29, 0.717) is 0 Å². The Morgan fingerprint density at radius 2 is 1.47 bits per heavy atom. The van der Waals surface area contributed by atoms with Crippen molar-refractivity contribution in [1.29, 1.82) is 0 Å². The SMILES string of the molecule is CC(C)(C)Cc1ccnc(-c2[c-]ccc3c2oc2c(-c4ccccc4)cccc23)c1.C[Si](C)(C)c1ccc(-c2[c-]cccc2)nc1.[Ir]. The van der Waals surface area contributed by atoms with Gasteiger partial charge < -0.3 is 14.4 Å². The molecule has 3 aromatic heterocycles. The first-order valence-corrected chi connectivity index (χ1v) is 19.4. The molecule has 5 heteroatoms. The van der Waals surface area contributed by atoms with E-state index in [2.05, 4.69) is 135 Å². The topological polar surface area (TPSA) is 38.9 Å². The van der Waals surface area contributed by atoms with Crippen LogP contribution in [0.5, 0.6) is 0 Å². The van der Waals surface area contributed by atoms with Gasteiger partial charge in [0.1, 0.15) is 5.58 Å². The van der Waals surface area contributed by atoms with Gasteiger partial charge in [0.15, 0.2) is 0 Å². The van der Waals surface area contributed by atoms with Crippen molar-refractivity contribution in [3.63, 3.8) is 0 Å². The number of hydrogen-bond donors (Lipinski definition) is 0. The molecule has 239 valence electrons. The van der Waals surface area contributed by atoms with Crippen molar-refractivity contribution in [3.05, 3.63) is 139 Å². The Kier molecular flexibility index (Phi) is 10.4. The van der Waals surface area contributed by atoms with Gasteiger partial charge in [-0.3, -0.25) is 0 Å². The molecule has 0 unspecified atom stereocenters. The second-order valence-corrected chi connectivity index (χ2v) is 19.1. The fourth-order valence-electron chi connectivity index (χ4n) is 5.68. The molecule has 3 nitrogen and oxygen atoms in total. The van der Waals surface area contributed by atoms with Crippen LogP contribution in [-0.2, 0) is 26.5 Å². The number of benzene rings is 4. The minimum atomic E-state index is -1.23. The fourth-order valence-corrected chi connectivity index (χ4v) is 6.72. The summed E-state index contributed by atoms with van der Waals surface area (Å²) in [5.74, 6) is 0. The number of nitrogens with zero attached hydrogens (tertiary/aromatic N) is 2. The fraction of sp³-hybridized carbons (Fsp3) is 0.190. The summed E-state index contributed by atoms with van der Waals surface area (Å²) in [6.07, 6.45) is 4.90. The van der Waals surface area contributed by atoms with E-state index in [0.717, 1.165) is 62.0 Å². The molecule has 0 aliphatic heterocycles. The Bertz CT molecular complexity index is 2070. The Hall–Kier alpha value is -4.15. The zero-order valence-corrected chi connectivity index (χ0v) is 31.3. The van der Waals surface area contributed by atoms with Gasteiger partial charge in [-0.15, -0.1) is 54.1 Å². The summed E-state index contributed by atoms with van der Waals surface area (Å²) >= 11 is 0. The summed E-state index contributed by atoms with van der Waals surface area (Å²) in [5, 5.41) is 3.61. The van der Waals surface area contributed by atoms with E-state index in [1.807, 2.05) is 48.8 Å². The maximum Gasteiger partial charge on any atom is 0.128 e. The van der Waals surface area contributed by atoms with Crippen LogP contribution >= 0.6 is 0 Å². The van der Waals surface area contributed by atoms with Crippen molar-refractivity contribution in [1.82, 2.24) is 9.97 Å². The Morgan fingerprint density at radius 3 is 2.15 bits per heavy atom. The van der Waals surface area contributed by atoms with Gasteiger partial charge in [-0.2, -0.15) is 0 Å². The van der Waals surface area contributed by atoms with Crippen molar-refractivity contribution < 1.29 is 24.5 Å². The van der Waals surface area contributed by atoms with Gasteiger partial charge in [0.2, 0.25) is 0 Å². The molecule has 47 heavy (non-hydrogen) atoms. The van der Waals surface area contributed by atoms with Gasteiger partial charge in [0.05, 0.1) is 13.7 Å². The van der Waals surface area contributed by atoms with E-state index in [1.54, 1.807) is 0 Å². The van der Waals surface area contributed by atoms with E-state index in [9.17, 15) is 0 Å². The molecule has 7 rings (SSSR count). The van der Waals surface area contributed by atoms with E-state index in [1.165, 1.54) is 10.8 Å². The molecule has 7 aromatic rings. The quantitative estimate of drug-likeness (QED) is 0.128. The molecule has 0 fully saturated rings. The Labute approximate surface area is 293 Å². The third-order valence-electron chi connectivity index (χ3n) is 7.97. The zero-order valence-electron chi connectivity index (χ0n) is 27.9. The molecule has 0 amide bonds. The van der Waals surface area contributed by atoms with Crippen molar-refractivity contribution >= 4 is 35.2 Å². The standard InChI is InChI=1S/C28H24NO.C14H16NSi.Ir/c1-28(2,3)18-19-15-16-29-25(17-19)24-14-8-13-23-22-12-7-11-21(26(22)30-27(23)24)20-9-5-4-6-10-20;1-16(2,3)13-9-10-14(15-11-13)12-7-5-4-6-8-12;/h4-13,15-17H,18H2,1-3H3;4-7,9-11H,1-3H3;/q2*-1;. The average molecular weight is 809 g/mol. The Morgan fingerprint density at radius 1 is 0.702 bits per heavy atom. The molecule has 0 atom stereocenters. The predicted octanol–water partition coefficient (Wildman–Crippen LogP) is 10.8. The largest absolute Gasteiger partial charge is 0.500 e. The van der Waals surface area contributed by atoms with Crippen LogP contribution in [0.25, 0.3) is 55.6 Å². The minimum Gasteiger partial charge on any atom is -0.500 e. The molecule has 0 saturated heterocycles. The third kappa shape index (κ3) is 8.05. The maximum absolute atomic E-state index is 6.49. The smallest absolute Gasteiger partial charge is 0.128 e. The number of pyridine rings is 2. The van der Waals surface area contributed by atoms with E-state index in [-0.39, 0.29) is 25.5 Å². The molecular formula is C42H40IrN2OSi-2. The van der Waals surface area contributed by atoms with Crippen molar-refractivity contribution in [2.75, 3.05) is 0 Å². The van der Waals surface area contributed by atoms with Gasteiger partial charge in [0, 0.05) is 43.4 Å². The average Bonchev–Trinajstić information content (AvgIpc) is 3.44. The minimum absolute atomic E-state index is 0. The molecule has 0 aliphatic carbocycles. The van der Waals surface area contributed by atoms with Gasteiger partial charge in [-0.05, 0) is 40.0 Å². The van der Waals surface area contributed by atoms with Crippen LogP contribution in [0, 0.1) is 17.5 Å². The summed E-state index contributed by atoms with van der Waals surface area (Å²) in [5.41, 5.74) is 9.38. The molecule has 0 saturated carbocycles. The number of para-hydroxylation sites is 1. The third-order valence-corrected chi connectivity index (χ3v) is 10.0. The van der Waals surface area contributed by atoms with Gasteiger partial charge >= 0.3 is 0 Å². The first-order valence-electron chi connectivity index (χ1n) is 15.9. The van der Waals surface area contributed by atoms with Gasteiger partial charge in [-0.1, -0.05) is 124 Å². The van der Waals surface area contributed by atoms with Crippen LogP contribution in [-0.4, -0.2) is 18.0 Å². The van der Waals surface area contributed by atoms with Crippen LogP contribution < -0.4 is 5.19 Å². The number of fused-ring (bicyclic) bond motifs is 3. The van der Waals surface area contributed by atoms with Gasteiger partial charge in [0.25, 0.3) is 0 Å². The molecule has 1 radical (unpaired) electrons. The molecule has 0 bridgehead atoms. The van der Waals surface area contributed by atoms with E-state index >= 15 is 0 Å². The van der Waals surface area contributed by atoms with E-state index in [4.69, 9.17) is 4.42 Å². The summed E-state index contributed by atoms with van der Waals surface area (Å²) in [6.45, 7) is 13.8. The van der Waals surface area contributed by atoms with Crippen LogP contribution in [0.3, 0.4) is 0 Å². The first-order chi connectivity index (χ1) is 22.1. The second kappa shape index (κ2) is 14.3. The van der Waals surface area contributed by atoms with Gasteiger partial charge in [-0.25, -0.2) is 0 Å². The summed E-state index contributed by atoms with van der Waals surface area (Å²) in [6, 6.07) is 43.9. The summed E-state index contributed by atoms with van der Waals surface area (Å²) < 4.78 is 6.49. The Balaban J connectivity index is 0.000000217. The molecule has 4 aromatic carbocycles. The number of rotatable bonds is 5. The molecule has 0 aliphatic rings. The van der Waals surface area contributed by atoms with Crippen molar-refractivity contribution in [3.8, 4) is 33.6 Å². The van der Waals surface area contributed by atoms with Crippen LogP contribution in [0.2, 0.25) is 19.6 Å². The molecule has 0 spiro atoms. The second-order valence-electron chi connectivity index (χ2n) is 14.0. The predicted molar refractivity (Wildman–Crippen MR) is 196 cm³/mol. The monoisotopic (exact) mass is 809 g/mol. The maximum atomic E-state index is 6.49. The van der Waals surface area contributed by atoms with E-state index < -0.39 is 8.07 Å². The van der Waals surface area contributed by atoms with Crippen LogP contribution in [0.15, 0.2) is 126 Å². The molecule has 3 heterocycles. The zero-order chi connectivity index (χ0) is 32.3. The molecular weight excluding hydrogens is 769 g/mol. The van der Waals surface area contributed by atoms with Crippen LogP contribution in [0.4, 0.5) is 0 Å². The summed E-state index contributed by atoms with van der Waals surface area (Å²) in [4.78, 5) is 9.17. The number of hydrogen-bond acceptors (Lipinski definition) is 3. The van der Waals surface area contributed by atoms with Crippen LogP contribution in [0.1, 0.15) is 26.3 Å². The first kappa shape index (κ1) is 34.2. The van der Waals surface area contributed by atoms with Crippen molar-refractivity contribution in [2.45, 2.75) is 46.8 Å². The number of furan rings is 1. The normalized spacial score (nSPS) is 11.5. The molecule has 0 N–H and O–H groups in total. The summed E-state index contributed by atoms with van der Waals surface area (Å²) in [7, 11) is -1.23. The number of aromatic nitrogens is 2. The van der Waals surface area contributed by atoms with Crippen molar-refractivity contribution in [2.24, 2.45) is 5.41 Å².